The van der Waals surface area contributed by atoms with Crippen LogP contribution in [0.5, 0.6) is 5.75 Å². The van der Waals surface area contributed by atoms with Crippen molar-refractivity contribution in [3.8, 4) is 5.75 Å². The molecule has 1 heterocycles. The fourth-order valence-electron chi connectivity index (χ4n) is 2.33. The standard InChI is InChI=1S/C14H19F3N2O.ClH/c1-11-8-19(7-6-18-11)9-12-4-2-3-5-13(12)20-10-14(15,16)17;/h2-5,11,18H,6-10H2,1H3;1H. The Morgan fingerprint density at radius 1 is 1.33 bits per heavy atom. The molecule has 120 valence electrons. The molecule has 0 aromatic heterocycles. The molecule has 1 unspecified atom stereocenters. The second kappa shape index (κ2) is 7.87. The molecule has 0 saturated carbocycles. The summed E-state index contributed by atoms with van der Waals surface area (Å²) in [5.41, 5.74) is 0.797. The van der Waals surface area contributed by atoms with Crippen LogP contribution in [0.25, 0.3) is 0 Å². The number of nitrogens with zero attached hydrogens (tertiary/aromatic N) is 1. The van der Waals surface area contributed by atoms with Gasteiger partial charge in [-0.15, -0.1) is 12.4 Å². The fourth-order valence-corrected chi connectivity index (χ4v) is 2.33. The van der Waals surface area contributed by atoms with Crippen LogP contribution >= 0.6 is 12.4 Å². The minimum atomic E-state index is -4.31. The van der Waals surface area contributed by atoms with Gasteiger partial charge in [0, 0.05) is 37.8 Å². The van der Waals surface area contributed by atoms with E-state index in [9.17, 15) is 13.2 Å². The first-order chi connectivity index (χ1) is 9.44. The van der Waals surface area contributed by atoms with Crippen LogP contribution in [-0.2, 0) is 6.54 Å². The van der Waals surface area contributed by atoms with Crippen molar-refractivity contribution >= 4 is 12.4 Å². The molecule has 0 bridgehead atoms. The van der Waals surface area contributed by atoms with Crippen LogP contribution in [0.15, 0.2) is 24.3 Å². The summed E-state index contributed by atoms with van der Waals surface area (Å²) in [6.07, 6.45) is -4.31. The second-order valence-corrected chi connectivity index (χ2v) is 5.10. The van der Waals surface area contributed by atoms with E-state index in [4.69, 9.17) is 4.74 Å². The highest BCUT2D eigenvalue weighted by Crippen LogP contribution is 2.23. The van der Waals surface area contributed by atoms with Gasteiger partial charge in [0.2, 0.25) is 0 Å². The van der Waals surface area contributed by atoms with Gasteiger partial charge in [0.1, 0.15) is 5.75 Å². The van der Waals surface area contributed by atoms with E-state index in [0.717, 1.165) is 25.2 Å². The summed E-state index contributed by atoms with van der Waals surface area (Å²) in [7, 11) is 0. The highest BCUT2D eigenvalue weighted by molar-refractivity contribution is 5.85. The van der Waals surface area contributed by atoms with Crippen LogP contribution in [0.1, 0.15) is 12.5 Å². The molecule has 7 heteroatoms. The molecular formula is C14H20ClF3N2O. The van der Waals surface area contributed by atoms with Crippen molar-refractivity contribution in [1.82, 2.24) is 10.2 Å². The van der Waals surface area contributed by atoms with E-state index in [0.29, 0.717) is 18.3 Å². The minimum Gasteiger partial charge on any atom is -0.484 e. The topological polar surface area (TPSA) is 24.5 Å². The Morgan fingerprint density at radius 3 is 2.71 bits per heavy atom. The van der Waals surface area contributed by atoms with Crippen LogP contribution in [0.2, 0.25) is 0 Å². The second-order valence-electron chi connectivity index (χ2n) is 5.10. The molecule has 0 radical (unpaired) electrons. The molecule has 1 fully saturated rings. The number of halogens is 4. The molecule has 1 aliphatic rings. The normalized spacial score (nSPS) is 19.9. The number of rotatable bonds is 4. The number of ether oxygens (including phenoxy) is 1. The van der Waals surface area contributed by atoms with Crippen molar-refractivity contribution in [2.75, 3.05) is 26.2 Å². The lowest BCUT2D eigenvalue weighted by Gasteiger charge is -2.32. The maximum atomic E-state index is 12.2. The van der Waals surface area contributed by atoms with Crippen LogP contribution in [0, 0.1) is 0 Å². The maximum Gasteiger partial charge on any atom is 0.422 e. The molecule has 1 aromatic rings. The van der Waals surface area contributed by atoms with Gasteiger partial charge >= 0.3 is 6.18 Å². The van der Waals surface area contributed by atoms with Gasteiger partial charge in [0.05, 0.1) is 0 Å². The lowest BCUT2D eigenvalue weighted by molar-refractivity contribution is -0.153. The molecule has 21 heavy (non-hydrogen) atoms. The largest absolute Gasteiger partial charge is 0.484 e. The molecule has 0 spiro atoms. The zero-order valence-electron chi connectivity index (χ0n) is 11.8. The van der Waals surface area contributed by atoms with Crippen LogP contribution in [-0.4, -0.2) is 43.4 Å². The Kier molecular flexibility index (Phi) is 6.77. The molecule has 0 aliphatic carbocycles. The number of benzene rings is 1. The van der Waals surface area contributed by atoms with E-state index in [2.05, 4.69) is 17.1 Å². The van der Waals surface area contributed by atoms with E-state index >= 15 is 0 Å². The Bertz CT molecular complexity index is 442. The number of hydrogen-bond donors (Lipinski definition) is 1. The van der Waals surface area contributed by atoms with Crippen LogP contribution in [0.4, 0.5) is 13.2 Å². The van der Waals surface area contributed by atoms with Gasteiger partial charge in [-0.25, -0.2) is 0 Å². The third-order valence-corrected chi connectivity index (χ3v) is 3.21. The van der Waals surface area contributed by atoms with Gasteiger partial charge in [-0.1, -0.05) is 18.2 Å². The molecule has 1 aliphatic heterocycles. The Morgan fingerprint density at radius 2 is 2.05 bits per heavy atom. The Hall–Kier alpha value is -0.980. The first kappa shape index (κ1) is 18.1. The Labute approximate surface area is 128 Å². The minimum absolute atomic E-state index is 0. The zero-order valence-corrected chi connectivity index (χ0v) is 12.6. The van der Waals surface area contributed by atoms with Crippen molar-refractivity contribution in [2.45, 2.75) is 25.7 Å². The van der Waals surface area contributed by atoms with Gasteiger partial charge in [-0.3, -0.25) is 4.90 Å². The summed E-state index contributed by atoms with van der Waals surface area (Å²) in [6, 6.07) is 7.31. The van der Waals surface area contributed by atoms with Crippen molar-refractivity contribution in [1.29, 1.82) is 0 Å². The lowest BCUT2D eigenvalue weighted by atomic mass is 10.1. The van der Waals surface area contributed by atoms with Gasteiger partial charge in [-0.2, -0.15) is 13.2 Å². The van der Waals surface area contributed by atoms with Crippen molar-refractivity contribution in [2.24, 2.45) is 0 Å². The molecule has 2 rings (SSSR count). The summed E-state index contributed by atoms with van der Waals surface area (Å²) in [6.45, 7) is 4.12. The van der Waals surface area contributed by atoms with E-state index in [-0.39, 0.29) is 12.4 Å². The van der Waals surface area contributed by atoms with E-state index < -0.39 is 12.8 Å². The van der Waals surface area contributed by atoms with Gasteiger partial charge in [0.25, 0.3) is 0 Å². The highest BCUT2D eigenvalue weighted by atomic mass is 35.5. The van der Waals surface area contributed by atoms with E-state index in [1.807, 2.05) is 12.1 Å². The molecule has 1 N–H and O–H groups in total. The molecule has 1 saturated heterocycles. The molecule has 1 atom stereocenters. The summed E-state index contributed by atoms with van der Waals surface area (Å²) in [4.78, 5) is 2.22. The van der Waals surface area contributed by atoms with Crippen LogP contribution in [0.3, 0.4) is 0 Å². The summed E-state index contributed by atoms with van der Waals surface area (Å²) >= 11 is 0. The Balaban J connectivity index is 0.00000220. The third kappa shape index (κ3) is 6.11. The molecule has 3 nitrogen and oxygen atoms in total. The highest BCUT2D eigenvalue weighted by Gasteiger charge is 2.29. The smallest absolute Gasteiger partial charge is 0.422 e. The predicted molar refractivity (Wildman–Crippen MR) is 78.0 cm³/mol. The summed E-state index contributed by atoms with van der Waals surface area (Å²) in [5.74, 6) is 0.316. The number of nitrogens with one attached hydrogen (secondary N) is 1. The predicted octanol–water partition coefficient (Wildman–Crippen LogP) is 2.84. The number of alkyl halides is 3. The number of piperazine rings is 1. The fraction of sp³-hybridized carbons (Fsp3) is 0.571. The van der Waals surface area contributed by atoms with Crippen molar-refractivity contribution in [3.63, 3.8) is 0 Å². The molecule has 0 amide bonds. The quantitative estimate of drug-likeness (QED) is 0.921. The average Bonchev–Trinajstić information content (AvgIpc) is 2.37. The number of para-hydroxylation sites is 1. The van der Waals surface area contributed by atoms with Gasteiger partial charge in [-0.05, 0) is 13.0 Å². The first-order valence-corrected chi connectivity index (χ1v) is 6.67. The zero-order chi connectivity index (χ0) is 14.6. The monoisotopic (exact) mass is 324 g/mol. The van der Waals surface area contributed by atoms with Crippen molar-refractivity contribution < 1.29 is 17.9 Å². The SMILES string of the molecule is CC1CN(Cc2ccccc2OCC(F)(F)F)CCN1.Cl. The van der Waals surface area contributed by atoms with Crippen molar-refractivity contribution in [3.05, 3.63) is 29.8 Å². The van der Waals surface area contributed by atoms with Gasteiger partial charge < -0.3 is 10.1 Å². The molecular weight excluding hydrogens is 305 g/mol. The van der Waals surface area contributed by atoms with Crippen LogP contribution < -0.4 is 10.1 Å². The lowest BCUT2D eigenvalue weighted by Crippen LogP contribution is -2.48. The van der Waals surface area contributed by atoms with E-state index in [1.54, 1.807) is 12.1 Å². The van der Waals surface area contributed by atoms with E-state index in [1.165, 1.54) is 0 Å². The maximum absolute atomic E-state index is 12.2. The summed E-state index contributed by atoms with van der Waals surface area (Å²) in [5, 5.41) is 3.34. The summed E-state index contributed by atoms with van der Waals surface area (Å²) < 4.78 is 41.6. The average molecular weight is 325 g/mol. The number of hydrogen-bond acceptors (Lipinski definition) is 3. The first-order valence-electron chi connectivity index (χ1n) is 6.67. The molecule has 1 aromatic carbocycles. The third-order valence-electron chi connectivity index (χ3n) is 3.21. The van der Waals surface area contributed by atoms with Gasteiger partial charge in [0.15, 0.2) is 6.61 Å².